The summed E-state index contributed by atoms with van der Waals surface area (Å²) in [7, 11) is 0. The number of rotatable bonds is 10. The van der Waals surface area contributed by atoms with Crippen molar-refractivity contribution in [1.82, 2.24) is 4.90 Å². The maximum atomic E-state index is 12.1. The Bertz CT molecular complexity index is 780. The van der Waals surface area contributed by atoms with E-state index in [1.807, 2.05) is 12.1 Å². The second-order valence-electron chi connectivity index (χ2n) is 7.83. The topological polar surface area (TPSA) is 59.0 Å². The molecule has 1 amide bonds. The lowest BCUT2D eigenvalue weighted by Gasteiger charge is -2.23. The van der Waals surface area contributed by atoms with Crippen LogP contribution in [0.15, 0.2) is 54.6 Å². The highest BCUT2D eigenvalue weighted by Gasteiger charge is 2.34. The van der Waals surface area contributed by atoms with Gasteiger partial charge < -0.3 is 19.5 Å². The fourth-order valence-corrected chi connectivity index (χ4v) is 4.04. The fraction of sp³-hybridized carbons (Fsp3) is 0.480. The number of aliphatic hydroxyl groups is 1. The third-order valence-electron chi connectivity index (χ3n) is 5.58. The number of β-amino-alcohol motifs (C(OH)–C–C–N with tert-alkyl or cyclic N) is 1. The van der Waals surface area contributed by atoms with E-state index in [1.54, 1.807) is 11.8 Å². The Kier molecular flexibility index (Phi) is 8.57. The molecule has 5 heteroatoms. The van der Waals surface area contributed by atoms with Gasteiger partial charge in [-0.15, -0.1) is 0 Å². The summed E-state index contributed by atoms with van der Waals surface area (Å²) in [5.74, 6) is 0.915. The van der Waals surface area contributed by atoms with E-state index in [-0.39, 0.29) is 12.1 Å². The molecule has 1 heterocycles. The number of aryl methyl sites for hydroxylation is 2. The van der Waals surface area contributed by atoms with Crippen LogP contribution < -0.4 is 4.74 Å². The maximum absolute atomic E-state index is 12.1. The van der Waals surface area contributed by atoms with E-state index in [2.05, 4.69) is 42.5 Å². The molecule has 1 saturated heterocycles. The molecule has 0 aromatic heterocycles. The SMILES string of the molecule is CCOC(=O)N1C[C@H](O)C[C@H]1CCOc1ccccc1CCCCc1ccccc1. The zero-order valence-electron chi connectivity index (χ0n) is 17.8. The van der Waals surface area contributed by atoms with Crippen LogP contribution in [-0.4, -0.2) is 48.0 Å². The van der Waals surface area contributed by atoms with Crippen molar-refractivity contribution in [2.45, 2.75) is 57.6 Å². The Morgan fingerprint density at radius 3 is 2.60 bits per heavy atom. The lowest BCUT2D eigenvalue weighted by atomic mass is 10.0. The van der Waals surface area contributed by atoms with Crippen LogP contribution in [0.25, 0.3) is 0 Å². The van der Waals surface area contributed by atoms with Crippen LogP contribution in [-0.2, 0) is 17.6 Å². The first-order chi connectivity index (χ1) is 14.7. The van der Waals surface area contributed by atoms with Gasteiger partial charge in [-0.3, -0.25) is 0 Å². The van der Waals surface area contributed by atoms with Gasteiger partial charge in [0.15, 0.2) is 0 Å². The summed E-state index contributed by atoms with van der Waals surface area (Å²) in [6.45, 7) is 2.97. The number of likely N-dealkylation sites (tertiary alicyclic amines) is 1. The molecule has 0 bridgehead atoms. The molecule has 5 nitrogen and oxygen atoms in total. The number of benzene rings is 2. The highest BCUT2D eigenvalue weighted by molar-refractivity contribution is 5.68. The average Bonchev–Trinajstić information content (AvgIpc) is 3.14. The Morgan fingerprint density at radius 1 is 1.07 bits per heavy atom. The number of para-hydroxylation sites is 1. The Balaban J connectivity index is 1.45. The minimum atomic E-state index is -0.490. The third kappa shape index (κ3) is 6.49. The smallest absolute Gasteiger partial charge is 0.410 e. The van der Waals surface area contributed by atoms with Crippen LogP contribution in [0.4, 0.5) is 4.79 Å². The number of aliphatic hydroxyl groups excluding tert-OH is 1. The van der Waals surface area contributed by atoms with Gasteiger partial charge in [-0.05, 0) is 56.2 Å². The Labute approximate surface area is 179 Å². The van der Waals surface area contributed by atoms with Crippen LogP contribution >= 0.6 is 0 Å². The van der Waals surface area contributed by atoms with Crippen molar-refractivity contribution in [3.05, 3.63) is 65.7 Å². The lowest BCUT2D eigenvalue weighted by Crippen LogP contribution is -2.37. The molecule has 0 spiro atoms. The van der Waals surface area contributed by atoms with E-state index < -0.39 is 6.10 Å². The molecular formula is C25H33NO4. The summed E-state index contributed by atoms with van der Waals surface area (Å²) < 4.78 is 11.2. The molecule has 0 radical (unpaired) electrons. The van der Waals surface area contributed by atoms with Crippen LogP contribution in [0.5, 0.6) is 5.75 Å². The van der Waals surface area contributed by atoms with E-state index in [4.69, 9.17) is 9.47 Å². The van der Waals surface area contributed by atoms with Gasteiger partial charge in [-0.25, -0.2) is 4.79 Å². The van der Waals surface area contributed by atoms with Crippen molar-refractivity contribution in [2.75, 3.05) is 19.8 Å². The van der Waals surface area contributed by atoms with E-state index in [0.29, 0.717) is 32.6 Å². The summed E-state index contributed by atoms with van der Waals surface area (Å²) in [6, 6.07) is 18.7. The highest BCUT2D eigenvalue weighted by Crippen LogP contribution is 2.24. The first kappa shape index (κ1) is 22.2. The van der Waals surface area contributed by atoms with Gasteiger partial charge >= 0.3 is 6.09 Å². The number of nitrogens with zero attached hydrogens (tertiary/aromatic N) is 1. The third-order valence-corrected chi connectivity index (χ3v) is 5.58. The summed E-state index contributed by atoms with van der Waals surface area (Å²) >= 11 is 0. The van der Waals surface area contributed by atoms with Crippen LogP contribution in [0.2, 0.25) is 0 Å². The minimum Gasteiger partial charge on any atom is -0.493 e. The molecule has 1 aliphatic heterocycles. The van der Waals surface area contributed by atoms with Gasteiger partial charge in [0.2, 0.25) is 0 Å². The molecular weight excluding hydrogens is 378 g/mol. The molecule has 1 fully saturated rings. The molecule has 1 N–H and O–H groups in total. The molecule has 3 rings (SSSR count). The van der Waals surface area contributed by atoms with Crippen molar-refractivity contribution >= 4 is 6.09 Å². The second-order valence-corrected chi connectivity index (χ2v) is 7.83. The zero-order chi connectivity index (χ0) is 21.2. The van der Waals surface area contributed by atoms with Crippen molar-refractivity contribution in [3.8, 4) is 5.75 Å². The molecule has 0 unspecified atom stereocenters. The van der Waals surface area contributed by atoms with E-state index in [9.17, 15) is 9.90 Å². The summed E-state index contributed by atoms with van der Waals surface area (Å²) in [4.78, 5) is 13.7. The van der Waals surface area contributed by atoms with Crippen molar-refractivity contribution in [1.29, 1.82) is 0 Å². The number of hydrogen-bond donors (Lipinski definition) is 1. The first-order valence-corrected chi connectivity index (χ1v) is 11.0. The molecule has 2 aromatic rings. The predicted octanol–water partition coefficient (Wildman–Crippen LogP) is 4.61. The average molecular weight is 412 g/mol. The van der Waals surface area contributed by atoms with Crippen LogP contribution in [0.1, 0.15) is 43.7 Å². The standard InChI is InChI=1S/C25H33NO4/c1-2-29-25(28)26-19-23(27)18-22(26)16-17-30-24-15-9-8-14-21(24)13-7-6-12-20-10-4-3-5-11-20/h3-5,8-11,14-15,22-23,27H,2,6-7,12-13,16-19H2,1H3/t22-,23-/m1/s1. The van der Waals surface area contributed by atoms with Gasteiger partial charge in [0.25, 0.3) is 0 Å². The van der Waals surface area contributed by atoms with Gasteiger partial charge in [-0.2, -0.15) is 0 Å². The largest absolute Gasteiger partial charge is 0.493 e. The van der Waals surface area contributed by atoms with Crippen LogP contribution in [0, 0.1) is 0 Å². The quantitative estimate of drug-likeness (QED) is 0.580. The van der Waals surface area contributed by atoms with Crippen molar-refractivity contribution in [2.24, 2.45) is 0 Å². The fourth-order valence-electron chi connectivity index (χ4n) is 4.04. The van der Waals surface area contributed by atoms with Gasteiger partial charge in [0.1, 0.15) is 5.75 Å². The first-order valence-electron chi connectivity index (χ1n) is 11.0. The maximum Gasteiger partial charge on any atom is 0.410 e. The molecule has 162 valence electrons. The summed E-state index contributed by atoms with van der Waals surface area (Å²) in [6.07, 6.45) is 4.75. The molecule has 30 heavy (non-hydrogen) atoms. The van der Waals surface area contributed by atoms with Gasteiger partial charge in [0.05, 0.1) is 25.9 Å². The monoisotopic (exact) mass is 411 g/mol. The van der Waals surface area contributed by atoms with E-state index in [1.165, 1.54) is 11.1 Å². The molecule has 0 saturated carbocycles. The van der Waals surface area contributed by atoms with E-state index in [0.717, 1.165) is 31.4 Å². The number of unbranched alkanes of at least 4 members (excludes halogenated alkanes) is 1. The molecule has 2 aromatic carbocycles. The van der Waals surface area contributed by atoms with E-state index >= 15 is 0 Å². The number of amides is 1. The number of ether oxygens (including phenoxy) is 2. The summed E-state index contributed by atoms with van der Waals surface area (Å²) in [5.41, 5.74) is 2.60. The van der Waals surface area contributed by atoms with Gasteiger partial charge in [0, 0.05) is 12.5 Å². The predicted molar refractivity (Wildman–Crippen MR) is 118 cm³/mol. The van der Waals surface area contributed by atoms with Crippen molar-refractivity contribution < 1.29 is 19.4 Å². The lowest BCUT2D eigenvalue weighted by molar-refractivity contribution is 0.0941. The number of hydrogen-bond acceptors (Lipinski definition) is 4. The highest BCUT2D eigenvalue weighted by atomic mass is 16.6. The molecule has 0 aliphatic carbocycles. The summed E-state index contributed by atoms with van der Waals surface area (Å²) in [5, 5.41) is 9.96. The number of carbonyl (C=O) groups is 1. The zero-order valence-corrected chi connectivity index (χ0v) is 17.8. The van der Waals surface area contributed by atoms with Crippen LogP contribution in [0.3, 0.4) is 0 Å². The normalized spacial score (nSPS) is 18.4. The van der Waals surface area contributed by atoms with Crippen molar-refractivity contribution in [3.63, 3.8) is 0 Å². The number of carbonyl (C=O) groups excluding carboxylic acids is 1. The Morgan fingerprint density at radius 2 is 1.80 bits per heavy atom. The van der Waals surface area contributed by atoms with Gasteiger partial charge in [-0.1, -0.05) is 48.5 Å². The minimum absolute atomic E-state index is 0.0444. The molecule has 2 atom stereocenters. The molecule has 1 aliphatic rings. The Hall–Kier alpha value is -2.53. The second kappa shape index (κ2) is 11.6.